The summed E-state index contributed by atoms with van der Waals surface area (Å²) in [5, 5.41) is 19.8. The number of fused-ring (bicyclic) bond motifs is 1. The number of amides is 1. The van der Waals surface area contributed by atoms with Crippen molar-refractivity contribution < 1.29 is 24.0 Å². The number of thiophene rings is 1. The molecule has 0 bridgehead atoms. The van der Waals surface area contributed by atoms with Crippen LogP contribution in [0.1, 0.15) is 27.8 Å². The Bertz CT molecular complexity index is 1510. The highest BCUT2D eigenvalue weighted by Crippen LogP contribution is 2.31. The van der Waals surface area contributed by atoms with Gasteiger partial charge in [0.05, 0.1) is 29.7 Å². The van der Waals surface area contributed by atoms with E-state index < -0.39 is 22.4 Å². The molecule has 0 atom stereocenters. The summed E-state index contributed by atoms with van der Waals surface area (Å²) >= 11 is 1.04. The van der Waals surface area contributed by atoms with Crippen molar-refractivity contribution in [1.29, 1.82) is 0 Å². The van der Waals surface area contributed by atoms with Crippen LogP contribution in [-0.2, 0) is 4.74 Å². The molecule has 2 aromatic carbocycles. The maximum atomic E-state index is 13.5. The first kappa shape index (κ1) is 23.6. The number of nitro benzene ring substituents is 1. The fraction of sp³-hybridized carbons (Fsp3) is 0.130. The predicted molar refractivity (Wildman–Crippen MR) is 129 cm³/mol. The Morgan fingerprint density at radius 1 is 1.20 bits per heavy atom. The number of methoxy groups -OCH3 is 1. The zero-order valence-electron chi connectivity index (χ0n) is 18.5. The van der Waals surface area contributed by atoms with Crippen LogP contribution in [0, 0.1) is 10.1 Å². The summed E-state index contributed by atoms with van der Waals surface area (Å²) in [6.45, 7) is 1.75. The lowest BCUT2D eigenvalue weighted by atomic mass is 10.2. The zero-order valence-corrected chi connectivity index (χ0v) is 19.3. The lowest BCUT2D eigenvalue weighted by Crippen LogP contribution is -2.25. The number of benzene rings is 2. The Hall–Kier alpha value is -4.58. The molecule has 0 aliphatic rings. The Morgan fingerprint density at radius 2 is 1.94 bits per heavy atom. The number of ether oxygens (including phenoxy) is 2. The predicted octanol–water partition coefficient (Wildman–Crippen LogP) is 3.79. The van der Waals surface area contributed by atoms with E-state index in [0.29, 0.717) is 11.4 Å². The molecule has 0 radical (unpaired) electrons. The smallest absolute Gasteiger partial charge is 0.359 e. The molecule has 4 aromatic rings. The minimum Gasteiger partial charge on any atom is -0.497 e. The van der Waals surface area contributed by atoms with Crippen LogP contribution in [0.4, 0.5) is 10.7 Å². The van der Waals surface area contributed by atoms with Crippen LogP contribution in [0.2, 0.25) is 0 Å². The number of nitrogens with zero attached hydrogens (tertiary/aromatic N) is 3. The van der Waals surface area contributed by atoms with Gasteiger partial charge in [-0.3, -0.25) is 19.7 Å². The average molecular weight is 494 g/mol. The molecule has 0 fully saturated rings. The number of esters is 1. The van der Waals surface area contributed by atoms with Gasteiger partial charge in [-0.25, -0.2) is 4.79 Å². The zero-order chi connectivity index (χ0) is 25.1. The second kappa shape index (κ2) is 9.73. The van der Waals surface area contributed by atoms with Gasteiger partial charge >= 0.3 is 5.97 Å². The van der Waals surface area contributed by atoms with Gasteiger partial charge in [0.25, 0.3) is 17.2 Å². The first-order chi connectivity index (χ1) is 16.8. The normalized spacial score (nSPS) is 10.7. The number of nitrogens with one attached hydrogen (secondary N) is 1. The minimum absolute atomic E-state index is 0.0751. The van der Waals surface area contributed by atoms with E-state index in [4.69, 9.17) is 9.47 Å². The summed E-state index contributed by atoms with van der Waals surface area (Å²) in [4.78, 5) is 49.2. The van der Waals surface area contributed by atoms with Crippen LogP contribution in [0.3, 0.4) is 0 Å². The molecule has 1 N–H and O–H groups in total. The monoisotopic (exact) mass is 494 g/mol. The lowest BCUT2D eigenvalue weighted by molar-refractivity contribution is -0.384. The van der Waals surface area contributed by atoms with E-state index in [1.165, 1.54) is 36.8 Å². The van der Waals surface area contributed by atoms with Gasteiger partial charge < -0.3 is 14.8 Å². The molecule has 0 unspecified atom stereocenters. The van der Waals surface area contributed by atoms with Crippen molar-refractivity contribution in [2.75, 3.05) is 19.0 Å². The second-order valence-electron chi connectivity index (χ2n) is 7.10. The topological polar surface area (TPSA) is 143 Å². The van der Waals surface area contributed by atoms with Gasteiger partial charge in [-0.15, -0.1) is 11.3 Å². The number of rotatable bonds is 7. The molecule has 12 heteroatoms. The third-order valence-electron chi connectivity index (χ3n) is 4.99. The van der Waals surface area contributed by atoms with E-state index in [2.05, 4.69) is 10.4 Å². The SMILES string of the molecule is CCOC(=O)c1nn(-c2cccc(OC)c2)c(=O)c2c(NC(=O)c3ccc([N+](=O)[O-])cc3)scc12. The van der Waals surface area contributed by atoms with Gasteiger partial charge in [-0.05, 0) is 31.2 Å². The van der Waals surface area contributed by atoms with Gasteiger partial charge in [0, 0.05) is 34.5 Å². The van der Waals surface area contributed by atoms with Crippen LogP contribution in [0.5, 0.6) is 5.75 Å². The van der Waals surface area contributed by atoms with Crippen LogP contribution < -0.4 is 15.6 Å². The van der Waals surface area contributed by atoms with E-state index in [1.54, 1.807) is 31.2 Å². The van der Waals surface area contributed by atoms with Gasteiger partial charge in [-0.2, -0.15) is 9.78 Å². The highest BCUT2D eigenvalue weighted by Gasteiger charge is 2.23. The summed E-state index contributed by atoms with van der Waals surface area (Å²) in [6, 6.07) is 11.6. The third-order valence-corrected chi connectivity index (χ3v) is 5.88. The number of carbonyl (C=O) groups excluding carboxylic acids is 2. The number of hydrogen-bond donors (Lipinski definition) is 1. The highest BCUT2D eigenvalue weighted by atomic mass is 32.1. The molecule has 11 nitrogen and oxygen atoms in total. The summed E-state index contributed by atoms with van der Waals surface area (Å²) in [6.07, 6.45) is 0. The van der Waals surface area contributed by atoms with Gasteiger partial charge in [0.2, 0.25) is 0 Å². The van der Waals surface area contributed by atoms with E-state index in [0.717, 1.165) is 16.0 Å². The van der Waals surface area contributed by atoms with Crippen molar-refractivity contribution in [1.82, 2.24) is 9.78 Å². The molecule has 4 rings (SSSR count). The summed E-state index contributed by atoms with van der Waals surface area (Å²) in [5.74, 6) is -0.823. The van der Waals surface area contributed by atoms with Crippen molar-refractivity contribution in [3.05, 3.63) is 85.6 Å². The molecule has 0 saturated carbocycles. The molecule has 2 aromatic heterocycles. The Morgan fingerprint density at radius 3 is 2.60 bits per heavy atom. The number of anilines is 1. The minimum atomic E-state index is -0.722. The van der Waals surface area contributed by atoms with E-state index in [-0.39, 0.29) is 39.3 Å². The van der Waals surface area contributed by atoms with Crippen molar-refractivity contribution in [3.63, 3.8) is 0 Å². The second-order valence-corrected chi connectivity index (χ2v) is 7.98. The van der Waals surface area contributed by atoms with Crippen LogP contribution >= 0.6 is 11.3 Å². The molecular formula is C23H18N4O7S. The van der Waals surface area contributed by atoms with Crippen LogP contribution in [0.15, 0.2) is 58.7 Å². The average Bonchev–Trinajstić information content (AvgIpc) is 3.28. The Balaban J connectivity index is 1.84. The molecule has 2 heterocycles. The van der Waals surface area contributed by atoms with Gasteiger partial charge in [-0.1, -0.05) is 6.07 Å². The number of non-ortho nitro benzene ring substituents is 1. The number of carbonyl (C=O) groups is 2. The van der Waals surface area contributed by atoms with E-state index in [9.17, 15) is 24.5 Å². The first-order valence-corrected chi connectivity index (χ1v) is 11.1. The van der Waals surface area contributed by atoms with Gasteiger partial charge in [0.15, 0.2) is 5.69 Å². The summed E-state index contributed by atoms with van der Waals surface area (Å²) < 4.78 is 11.4. The molecule has 1 amide bonds. The molecular weight excluding hydrogens is 476 g/mol. The van der Waals surface area contributed by atoms with E-state index in [1.807, 2.05) is 0 Å². The Labute approximate surface area is 201 Å². The van der Waals surface area contributed by atoms with Crippen LogP contribution in [-0.4, -0.2) is 40.3 Å². The number of nitro groups is 1. The van der Waals surface area contributed by atoms with Crippen molar-refractivity contribution >= 4 is 44.7 Å². The van der Waals surface area contributed by atoms with Gasteiger partial charge in [0.1, 0.15) is 10.8 Å². The lowest BCUT2D eigenvalue weighted by Gasteiger charge is -2.11. The standard InChI is InChI=1S/C23H18N4O7S/c1-3-34-23(30)19-17-12-35-21(24-20(28)13-7-9-14(10-8-13)27(31)32)18(17)22(29)26(25-19)15-5-4-6-16(11-15)33-2/h4-12H,3H2,1-2H3,(H,24,28). The Kier molecular flexibility index (Phi) is 6.55. The third kappa shape index (κ3) is 4.59. The summed E-state index contributed by atoms with van der Waals surface area (Å²) in [5.41, 5.74) is -0.307. The van der Waals surface area contributed by atoms with E-state index >= 15 is 0 Å². The quantitative estimate of drug-likeness (QED) is 0.232. The van der Waals surface area contributed by atoms with Crippen molar-refractivity contribution in [2.45, 2.75) is 6.92 Å². The maximum Gasteiger partial charge on any atom is 0.359 e. The fourth-order valence-electron chi connectivity index (χ4n) is 3.32. The molecule has 35 heavy (non-hydrogen) atoms. The molecule has 0 aliphatic heterocycles. The summed E-state index contributed by atoms with van der Waals surface area (Å²) in [7, 11) is 1.48. The first-order valence-electron chi connectivity index (χ1n) is 10.3. The molecule has 0 saturated heterocycles. The number of hydrogen-bond acceptors (Lipinski definition) is 9. The van der Waals surface area contributed by atoms with Crippen LogP contribution in [0.25, 0.3) is 16.5 Å². The number of aromatic nitrogens is 2. The maximum absolute atomic E-state index is 13.5. The largest absolute Gasteiger partial charge is 0.497 e. The highest BCUT2D eigenvalue weighted by molar-refractivity contribution is 7.16. The fourth-order valence-corrected chi connectivity index (χ4v) is 4.25. The molecule has 178 valence electrons. The van der Waals surface area contributed by atoms with Crippen molar-refractivity contribution in [2.24, 2.45) is 0 Å². The van der Waals surface area contributed by atoms with Crippen molar-refractivity contribution in [3.8, 4) is 11.4 Å². The molecule has 0 spiro atoms. The molecule has 0 aliphatic carbocycles.